The molecule has 3 aromatic carbocycles. The van der Waals surface area contributed by atoms with Gasteiger partial charge in [0.25, 0.3) is 0 Å². The SMILES string of the molecule is CNS(=O)(=O)c1cc(/C=C/C(=O)Nc2ccc(NC(=O)Nc3ccccc3)cc2)ccc1OC. The van der Waals surface area contributed by atoms with Gasteiger partial charge < -0.3 is 20.7 Å². The molecular weight excluding hydrogens is 456 g/mol. The molecule has 3 aromatic rings. The van der Waals surface area contributed by atoms with Gasteiger partial charge in [-0.05, 0) is 67.2 Å². The first-order chi connectivity index (χ1) is 16.3. The van der Waals surface area contributed by atoms with Crippen LogP contribution in [0.1, 0.15) is 5.56 Å². The Hall–Kier alpha value is -4.15. The highest BCUT2D eigenvalue weighted by atomic mass is 32.2. The highest BCUT2D eigenvalue weighted by Crippen LogP contribution is 2.25. The average molecular weight is 481 g/mol. The first-order valence-electron chi connectivity index (χ1n) is 10.1. The lowest BCUT2D eigenvalue weighted by Crippen LogP contribution is -2.19. The smallest absolute Gasteiger partial charge is 0.323 e. The fraction of sp³-hybridized carbons (Fsp3) is 0.0833. The summed E-state index contributed by atoms with van der Waals surface area (Å²) in [6.45, 7) is 0. The monoisotopic (exact) mass is 480 g/mol. The molecule has 0 atom stereocenters. The third kappa shape index (κ3) is 6.67. The summed E-state index contributed by atoms with van der Waals surface area (Å²) in [6.07, 6.45) is 2.78. The van der Waals surface area contributed by atoms with E-state index in [4.69, 9.17) is 4.74 Å². The fourth-order valence-corrected chi connectivity index (χ4v) is 3.85. The molecule has 0 saturated carbocycles. The summed E-state index contributed by atoms with van der Waals surface area (Å²) in [4.78, 5) is 24.3. The second kappa shape index (κ2) is 11.1. The van der Waals surface area contributed by atoms with E-state index in [1.165, 1.54) is 38.4 Å². The van der Waals surface area contributed by atoms with Crippen LogP contribution in [0.15, 0.2) is 83.8 Å². The largest absolute Gasteiger partial charge is 0.495 e. The summed E-state index contributed by atoms with van der Waals surface area (Å²) >= 11 is 0. The van der Waals surface area contributed by atoms with Crippen LogP contribution in [0.3, 0.4) is 0 Å². The van der Waals surface area contributed by atoms with Gasteiger partial charge in [-0.1, -0.05) is 24.3 Å². The average Bonchev–Trinajstić information content (AvgIpc) is 2.84. The van der Waals surface area contributed by atoms with Crippen LogP contribution in [0, 0.1) is 0 Å². The number of anilines is 3. The molecule has 10 heteroatoms. The van der Waals surface area contributed by atoms with Crippen molar-refractivity contribution in [3.05, 3.63) is 84.4 Å². The van der Waals surface area contributed by atoms with Gasteiger partial charge in [-0.2, -0.15) is 0 Å². The van der Waals surface area contributed by atoms with Gasteiger partial charge in [0, 0.05) is 23.1 Å². The number of ether oxygens (including phenoxy) is 1. The van der Waals surface area contributed by atoms with E-state index >= 15 is 0 Å². The zero-order valence-corrected chi connectivity index (χ0v) is 19.3. The van der Waals surface area contributed by atoms with Gasteiger partial charge in [-0.3, -0.25) is 4.79 Å². The molecule has 0 aliphatic heterocycles. The molecule has 9 nitrogen and oxygen atoms in total. The molecule has 4 N–H and O–H groups in total. The standard InChI is InChI=1S/C24H24N4O5S/c1-25-34(31,32)22-16-17(8-14-21(22)33-2)9-15-23(29)26-19-10-12-20(13-11-19)28-24(30)27-18-6-4-3-5-7-18/h3-16,25H,1-2H3,(H,26,29)(H2,27,28,30)/b15-9+. The van der Waals surface area contributed by atoms with Crippen molar-refractivity contribution in [3.8, 4) is 5.75 Å². The van der Waals surface area contributed by atoms with Crippen molar-refractivity contribution in [2.75, 3.05) is 30.1 Å². The van der Waals surface area contributed by atoms with Crippen molar-refractivity contribution in [2.45, 2.75) is 4.90 Å². The molecule has 3 amide bonds. The van der Waals surface area contributed by atoms with Crippen LogP contribution in [-0.2, 0) is 14.8 Å². The number of hydrogen-bond donors (Lipinski definition) is 4. The number of para-hydroxylation sites is 1. The molecule has 34 heavy (non-hydrogen) atoms. The summed E-state index contributed by atoms with van der Waals surface area (Å²) in [6, 6.07) is 19.8. The van der Waals surface area contributed by atoms with Crippen LogP contribution in [0.4, 0.5) is 21.9 Å². The van der Waals surface area contributed by atoms with E-state index in [2.05, 4.69) is 20.7 Å². The van der Waals surface area contributed by atoms with Crippen LogP contribution in [0.2, 0.25) is 0 Å². The lowest BCUT2D eigenvalue weighted by molar-refractivity contribution is -0.111. The van der Waals surface area contributed by atoms with Gasteiger partial charge >= 0.3 is 6.03 Å². The number of benzene rings is 3. The Labute approximate surface area is 197 Å². The van der Waals surface area contributed by atoms with E-state index < -0.39 is 15.9 Å². The van der Waals surface area contributed by atoms with Gasteiger partial charge in [-0.15, -0.1) is 0 Å². The Morgan fingerprint density at radius 3 is 2.00 bits per heavy atom. The van der Waals surface area contributed by atoms with Crippen molar-refractivity contribution in [1.82, 2.24) is 4.72 Å². The van der Waals surface area contributed by atoms with E-state index in [-0.39, 0.29) is 16.7 Å². The Morgan fingerprint density at radius 1 is 0.824 bits per heavy atom. The van der Waals surface area contributed by atoms with Crippen molar-refractivity contribution < 1.29 is 22.7 Å². The minimum Gasteiger partial charge on any atom is -0.495 e. The number of sulfonamides is 1. The molecule has 0 saturated heterocycles. The summed E-state index contributed by atoms with van der Waals surface area (Å²) in [5.41, 5.74) is 2.26. The molecule has 0 fully saturated rings. The quantitative estimate of drug-likeness (QED) is 0.364. The molecule has 0 heterocycles. The van der Waals surface area contributed by atoms with E-state index in [1.54, 1.807) is 42.5 Å². The van der Waals surface area contributed by atoms with E-state index in [0.717, 1.165) is 0 Å². The van der Waals surface area contributed by atoms with Gasteiger partial charge in [0.15, 0.2) is 0 Å². The zero-order valence-electron chi connectivity index (χ0n) is 18.5. The van der Waals surface area contributed by atoms with E-state index in [0.29, 0.717) is 22.6 Å². The Balaban J connectivity index is 1.60. The second-order valence-corrected chi connectivity index (χ2v) is 8.82. The van der Waals surface area contributed by atoms with Crippen molar-refractivity contribution in [3.63, 3.8) is 0 Å². The van der Waals surface area contributed by atoms with Gasteiger partial charge in [0.05, 0.1) is 7.11 Å². The van der Waals surface area contributed by atoms with E-state index in [9.17, 15) is 18.0 Å². The number of amides is 3. The van der Waals surface area contributed by atoms with Gasteiger partial charge in [-0.25, -0.2) is 17.9 Å². The number of urea groups is 1. The van der Waals surface area contributed by atoms with Gasteiger partial charge in [0.1, 0.15) is 10.6 Å². The lowest BCUT2D eigenvalue weighted by atomic mass is 10.2. The Kier molecular flexibility index (Phi) is 8.01. The molecule has 0 radical (unpaired) electrons. The van der Waals surface area contributed by atoms with Crippen LogP contribution in [0.25, 0.3) is 6.08 Å². The predicted molar refractivity (Wildman–Crippen MR) is 132 cm³/mol. The number of nitrogens with one attached hydrogen (secondary N) is 4. The normalized spacial score (nSPS) is 11.1. The number of carbonyl (C=O) groups excluding carboxylic acids is 2. The molecule has 176 valence electrons. The lowest BCUT2D eigenvalue weighted by Gasteiger charge is -2.09. The summed E-state index contributed by atoms with van der Waals surface area (Å²) < 4.78 is 31.7. The third-order valence-corrected chi connectivity index (χ3v) is 6.05. The fourth-order valence-electron chi connectivity index (χ4n) is 2.92. The maximum absolute atomic E-state index is 12.3. The van der Waals surface area contributed by atoms with E-state index in [1.807, 2.05) is 18.2 Å². The number of methoxy groups -OCH3 is 1. The summed E-state index contributed by atoms with van der Waals surface area (Å²) in [7, 11) is -1.04. The third-order valence-electron chi connectivity index (χ3n) is 4.62. The minimum absolute atomic E-state index is 0.0283. The maximum Gasteiger partial charge on any atom is 0.323 e. The molecule has 0 spiro atoms. The molecule has 0 bridgehead atoms. The maximum atomic E-state index is 12.3. The van der Waals surface area contributed by atoms with Crippen LogP contribution >= 0.6 is 0 Å². The Morgan fingerprint density at radius 2 is 1.41 bits per heavy atom. The first kappa shape index (κ1) is 24.5. The highest BCUT2D eigenvalue weighted by molar-refractivity contribution is 7.89. The molecule has 0 aliphatic carbocycles. The minimum atomic E-state index is -3.73. The predicted octanol–water partition coefficient (Wildman–Crippen LogP) is 3.90. The van der Waals surface area contributed by atoms with Crippen molar-refractivity contribution in [1.29, 1.82) is 0 Å². The van der Waals surface area contributed by atoms with Crippen LogP contribution in [-0.4, -0.2) is 34.5 Å². The summed E-state index contributed by atoms with van der Waals surface area (Å²) in [5.74, 6) is -0.210. The van der Waals surface area contributed by atoms with Crippen molar-refractivity contribution >= 4 is 45.1 Å². The first-order valence-corrected chi connectivity index (χ1v) is 11.6. The van der Waals surface area contributed by atoms with Gasteiger partial charge in [0.2, 0.25) is 15.9 Å². The second-order valence-electron chi connectivity index (χ2n) is 6.96. The van der Waals surface area contributed by atoms with Crippen molar-refractivity contribution in [2.24, 2.45) is 0 Å². The Bertz CT molecular complexity index is 1290. The topological polar surface area (TPSA) is 126 Å². The molecule has 3 rings (SSSR count). The number of carbonyl (C=O) groups is 2. The van der Waals surface area contributed by atoms with Crippen LogP contribution in [0.5, 0.6) is 5.75 Å². The van der Waals surface area contributed by atoms with Crippen LogP contribution < -0.4 is 25.4 Å². The molecular formula is C24H24N4O5S. The highest BCUT2D eigenvalue weighted by Gasteiger charge is 2.17. The summed E-state index contributed by atoms with van der Waals surface area (Å²) in [5, 5.41) is 8.12. The zero-order chi connectivity index (χ0) is 24.6. The number of hydrogen-bond acceptors (Lipinski definition) is 5. The molecule has 0 aliphatic rings. The number of rotatable bonds is 8. The molecule has 0 unspecified atom stereocenters. The molecule has 0 aromatic heterocycles.